The van der Waals surface area contributed by atoms with Gasteiger partial charge in [0.1, 0.15) is 6.04 Å². The van der Waals surface area contributed by atoms with Crippen LogP contribution in [0, 0.1) is 10.1 Å². The average molecular weight is 352 g/mol. The fraction of sp³-hybridized carbons (Fsp3) is 0.588. The number of ether oxygens (including phenoxy) is 3. The third-order valence-corrected chi connectivity index (χ3v) is 4.33. The first-order valence-electron chi connectivity index (χ1n) is 8.31. The highest BCUT2D eigenvalue weighted by Gasteiger charge is 2.31. The number of carbonyl (C=O) groups excluding carboxylic acids is 1. The second kappa shape index (κ2) is 8.66. The van der Waals surface area contributed by atoms with Gasteiger partial charge in [-0.3, -0.25) is 19.8 Å². The second-order valence-electron chi connectivity index (χ2n) is 5.83. The summed E-state index contributed by atoms with van der Waals surface area (Å²) in [6.45, 7) is 3.05. The first kappa shape index (κ1) is 19.0. The minimum absolute atomic E-state index is 0.0502. The molecule has 2 rings (SSSR count). The van der Waals surface area contributed by atoms with E-state index >= 15 is 0 Å². The van der Waals surface area contributed by atoms with Crippen LogP contribution in [0.3, 0.4) is 0 Å². The lowest BCUT2D eigenvalue weighted by molar-refractivity contribution is -0.385. The second-order valence-corrected chi connectivity index (χ2v) is 5.83. The summed E-state index contributed by atoms with van der Waals surface area (Å²) in [6, 6.07) is 2.59. The van der Waals surface area contributed by atoms with Crippen molar-refractivity contribution in [1.82, 2.24) is 4.90 Å². The molecule has 25 heavy (non-hydrogen) atoms. The maximum Gasteiger partial charge on any atom is 0.323 e. The van der Waals surface area contributed by atoms with E-state index in [0.717, 1.165) is 12.8 Å². The number of rotatable bonds is 7. The number of benzene rings is 1. The van der Waals surface area contributed by atoms with Gasteiger partial charge in [0.25, 0.3) is 5.69 Å². The fourth-order valence-corrected chi connectivity index (χ4v) is 3.11. The topological polar surface area (TPSA) is 91.1 Å². The lowest BCUT2D eigenvalue weighted by Crippen LogP contribution is -2.45. The lowest BCUT2D eigenvalue weighted by Gasteiger charge is -2.33. The number of likely N-dealkylation sites (tertiary alicyclic amines) is 1. The maximum atomic E-state index is 12.2. The molecule has 138 valence electrons. The van der Waals surface area contributed by atoms with Crippen LogP contribution in [-0.4, -0.2) is 49.2 Å². The van der Waals surface area contributed by atoms with Crippen LogP contribution in [0.5, 0.6) is 11.5 Å². The molecule has 1 aromatic carbocycles. The van der Waals surface area contributed by atoms with E-state index in [2.05, 4.69) is 0 Å². The molecule has 1 heterocycles. The van der Waals surface area contributed by atoms with Gasteiger partial charge in [-0.15, -0.1) is 0 Å². The van der Waals surface area contributed by atoms with Crippen LogP contribution in [0.2, 0.25) is 0 Å². The predicted octanol–water partition coefficient (Wildman–Crippen LogP) is 2.53. The van der Waals surface area contributed by atoms with Crippen LogP contribution in [0.1, 0.15) is 31.7 Å². The van der Waals surface area contributed by atoms with Gasteiger partial charge in [-0.1, -0.05) is 6.42 Å². The van der Waals surface area contributed by atoms with Crippen LogP contribution in [0.15, 0.2) is 12.1 Å². The van der Waals surface area contributed by atoms with Gasteiger partial charge in [-0.2, -0.15) is 0 Å². The molecule has 8 heteroatoms. The minimum atomic E-state index is -0.444. The molecule has 1 saturated heterocycles. The van der Waals surface area contributed by atoms with Crippen LogP contribution in [0.4, 0.5) is 5.69 Å². The summed E-state index contributed by atoms with van der Waals surface area (Å²) in [5.74, 6) is 0.455. The number of carbonyl (C=O) groups is 1. The van der Waals surface area contributed by atoms with E-state index < -0.39 is 4.92 Å². The molecule has 0 spiro atoms. The lowest BCUT2D eigenvalue weighted by atomic mass is 10.0. The molecule has 0 N–H and O–H groups in total. The Morgan fingerprint density at radius 1 is 1.28 bits per heavy atom. The highest BCUT2D eigenvalue weighted by atomic mass is 16.6. The Hall–Kier alpha value is -2.35. The molecular weight excluding hydrogens is 328 g/mol. The van der Waals surface area contributed by atoms with Crippen LogP contribution < -0.4 is 9.47 Å². The predicted molar refractivity (Wildman–Crippen MR) is 90.9 cm³/mol. The molecule has 8 nitrogen and oxygen atoms in total. The molecule has 0 aliphatic carbocycles. The van der Waals surface area contributed by atoms with Crippen molar-refractivity contribution < 1.29 is 23.9 Å². The largest absolute Gasteiger partial charge is 0.493 e. The molecule has 0 saturated carbocycles. The van der Waals surface area contributed by atoms with Crippen molar-refractivity contribution in [1.29, 1.82) is 0 Å². The highest BCUT2D eigenvalue weighted by molar-refractivity contribution is 5.76. The third kappa shape index (κ3) is 4.39. The summed E-state index contributed by atoms with van der Waals surface area (Å²) < 4.78 is 15.6. The summed E-state index contributed by atoms with van der Waals surface area (Å²) >= 11 is 0. The van der Waals surface area contributed by atoms with E-state index in [1.807, 2.05) is 4.90 Å². The number of esters is 1. The van der Waals surface area contributed by atoms with E-state index in [-0.39, 0.29) is 24.2 Å². The molecule has 0 aromatic heterocycles. The van der Waals surface area contributed by atoms with E-state index in [1.165, 1.54) is 20.3 Å². The van der Waals surface area contributed by atoms with Gasteiger partial charge < -0.3 is 14.2 Å². The van der Waals surface area contributed by atoms with Crippen molar-refractivity contribution in [3.63, 3.8) is 0 Å². The number of piperidine rings is 1. The standard InChI is InChI=1S/C17H24N2O6/c1-4-25-17(20)13-7-5-6-8-18(13)11-12-9-15(23-2)16(24-3)10-14(12)19(21)22/h9-10,13H,4-8,11H2,1-3H3. The SMILES string of the molecule is CCOC(=O)C1CCCCN1Cc1cc(OC)c(OC)cc1[N+](=O)[O-]. The number of methoxy groups -OCH3 is 2. The summed E-state index contributed by atoms with van der Waals surface area (Å²) in [7, 11) is 2.92. The van der Waals surface area contributed by atoms with Gasteiger partial charge in [-0.05, 0) is 32.4 Å². The Morgan fingerprint density at radius 3 is 2.56 bits per heavy atom. The maximum absolute atomic E-state index is 12.2. The van der Waals surface area contributed by atoms with Crippen molar-refractivity contribution in [2.45, 2.75) is 38.8 Å². The molecule has 1 aliphatic rings. The Kier molecular flexibility index (Phi) is 6.58. The smallest absolute Gasteiger partial charge is 0.323 e. The first-order chi connectivity index (χ1) is 12.0. The normalized spacial score (nSPS) is 17.8. The van der Waals surface area contributed by atoms with Gasteiger partial charge in [0, 0.05) is 12.1 Å². The summed E-state index contributed by atoms with van der Waals surface area (Å²) in [5, 5.41) is 11.4. The average Bonchev–Trinajstić information content (AvgIpc) is 2.61. The van der Waals surface area contributed by atoms with Crippen molar-refractivity contribution in [2.24, 2.45) is 0 Å². The molecule has 1 fully saturated rings. The third-order valence-electron chi connectivity index (χ3n) is 4.33. The van der Waals surface area contributed by atoms with Crippen molar-refractivity contribution in [3.05, 3.63) is 27.8 Å². The zero-order valence-corrected chi connectivity index (χ0v) is 14.8. The summed E-state index contributed by atoms with van der Waals surface area (Å²) in [4.78, 5) is 25.1. The molecule has 1 aliphatic heterocycles. The van der Waals surface area contributed by atoms with Gasteiger partial charge >= 0.3 is 5.97 Å². The van der Waals surface area contributed by atoms with Crippen molar-refractivity contribution in [3.8, 4) is 11.5 Å². The number of hydrogen-bond acceptors (Lipinski definition) is 7. The zero-order valence-electron chi connectivity index (χ0n) is 14.8. The van der Waals surface area contributed by atoms with Gasteiger partial charge in [0.05, 0.1) is 31.8 Å². The monoisotopic (exact) mass is 352 g/mol. The molecule has 0 bridgehead atoms. The molecule has 0 amide bonds. The van der Waals surface area contributed by atoms with E-state index in [9.17, 15) is 14.9 Å². The highest BCUT2D eigenvalue weighted by Crippen LogP contribution is 2.36. The quantitative estimate of drug-likeness (QED) is 0.423. The Labute approximate surface area is 146 Å². The number of hydrogen-bond donors (Lipinski definition) is 0. The summed E-state index contributed by atoms with van der Waals surface area (Å²) in [6.07, 6.45) is 2.57. The van der Waals surface area contributed by atoms with Crippen LogP contribution in [-0.2, 0) is 16.1 Å². The number of nitro benzene ring substituents is 1. The number of nitrogens with zero attached hydrogens (tertiary/aromatic N) is 2. The molecule has 1 unspecified atom stereocenters. The molecule has 1 atom stereocenters. The fourth-order valence-electron chi connectivity index (χ4n) is 3.11. The van der Waals surface area contributed by atoms with E-state index in [1.54, 1.807) is 13.0 Å². The van der Waals surface area contributed by atoms with Gasteiger partial charge in [0.15, 0.2) is 11.5 Å². The minimum Gasteiger partial charge on any atom is -0.493 e. The summed E-state index contributed by atoms with van der Waals surface area (Å²) in [5.41, 5.74) is 0.435. The number of nitro groups is 1. The van der Waals surface area contributed by atoms with Crippen molar-refractivity contribution >= 4 is 11.7 Å². The Balaban J connectivity index is 2.33. The van der Waals surface area contributed by atoms with Gasteiger partial charge in [-0.25, -0.2) is 0 Å². The molecule has 0 radical (unpaired) electrons. The van der Waals surface area contributed by atoms with E-state index in [0.29, 0.717) is 36.6 Å². The Bertz CT molecular complexity index is 634. The first-order valence-corrected chi connectivity index (χ1v) is 8.31. The zero-order chi connectivity index (χ0) is 18.4. The molecule has 1 aromatic rings. The molecular formula is C17H24N2O6. The van der Waals surface area contributed by atoms with Crippen molar-refractivity contribution in [2.75, 3.05) is 27.4 Å². The van der Waals surface area contributed by atoms with E-state index in [4.69, 9.17) is 14.2 Å². The Morgan fingerprint density at radius 2 is 1.96 bits per heavy atom. The van der Waals surface area contributed by atoms with Gasteiger partial charge in [0.2, 0.25) is 0 Å². The van der Waals surface area contributed by atoms with Crippen LogP contribution >= 0.6 is 0 Å². The van der Waals surface area contributed by atoms with Crippen LogP contribution in [0.25, 0.3) is 0 Å².